The minimum atomic E-state index is -3.59. The molecule has 6 nitrogen and oxygen atoms in total. The van der Waals surface area contributed by atoms with Crippen LogP contribution in [0.3, 0.4) is 0 Å². The van der Waals surface area contributed by atoms with Gasteiger partial charge in [-0.05, 0) is 32.8 Å². The van der Waals surface area contributed by atoms with E-state index in [4.69, 9.17) is 4.74 Å². The van der Waals surface area contributed by atoms with E-state index in [1.54, 1.807) is 12.3 Å². The van der Waals surface area contributed by atoms with Crippen molar-refractivity contribution >= 4 is 15.7 Å². The molecule has 2 N–H and O–H groups in total. The summed E-state index contributed by atoms with van der Waals surface area (Å²) in [5, 5.41) is 3.03. The Hall–Kier alpha value is -1.18. The lowest BCUT2D eigenvalue weighted by atomic mass is 10.0. The number of nitrogens with one attached hydrogen (secondary N) is 2. The largest absolute Gasteiger partial charge is 0.384 e. The van der Waals surface area contributed by atoms with E-state index in [0.717, 1.165) is 12.8 Å². The highest BCUT2D eigenvalue weighted by atomic mass is 32.2. The van der Waals surface area contributed by atoms with E-state index in [2.05, 4.69) is 15.0 Å². The minimum Gasteiger partial charge on any atom is -0.384 e. The summed E-state index contributed by atoms with van der Waals surface area (Å²) in [7, 11) is -3.59. The first-order valence-corrected chi connectivity index (χ1v) is 8.27. The molecule has 0 spiro atoms. The molecule has 0 bridgehead atoms. The first-order chi connectivity index (χ1) is 9.47. The molecule has 7 heteroatoms. The fourth-order valence-corrected chi connectivity index (χ4v) is 3.51. The second kappa shape index (κ2) is 6.07. The number of anilines is 1. The van der Waals surface area contributed by atoms with Crippen LogP contribution in [0.1, 0.15) is 26.7 Å². The lowest BCUT2D eigenvalue weighted by Gasteiger charge is -2.23. The van der Waals surface area contributed by atoms with Crippen LogP contribution in [0.2, 0.25) is 0 Å². The molecule has 0 aliphatic carbocycles. The van der Waals surface area contributed by atoms with Crippen LogP contribution < -0.4 is 10.0 Å². The Labute approximate surface area is 120 Å². The maximum absolute atomic E-state index is 12.4. The summed E-state index contributed by atoms with van der Waals surface area (Å²) in [6.07, 6.45) is 4.76. The SMILES string of the molecule is CCNc1ccncc1S(=O)(=O)NCC1(C)CCCO1. The monoisotopic (exact) mass is 299 g/mol. The summed E-state index contributed by atoms with van der Waals surface area (Å²) in [5.74, 6) is 0. The highest BCUT2D eigenvalue weighted by molar-refractivity contribution is 7.89. The molecule has 1 fully saturated rings. The smallest absolute Gasteiger partial charge is 0.244 e. The van der Waals surface area contributed by atoms with E-state index >= 15 is 0 Å². The van der Waals surface area contributed by atoms with Crippen LogP contribution >= 0.6 is 0 Å². The molecular formula is C13H21N3O3S. The predicted octanol–water partition coefficient (Wildman–Crippen LogP) is 1.36. The fraction of sp³-hybridized carbons (Fsp3) is 0.615. The molecule has 1 unspecified atom stereocenters. The first kappa shape index (κ1) is 15.2. The molecule has 0 amide bonds. The third-order valence-corrected chi connectivity index (χ3v) is 4.81. The van der Waals surface area contributed by atoms with Gasteiger partial charge in [-0.15, -0.1) is 0 Å². The average Bonchev–Trinajstić information content (AvgIpc) is 2.85. The molecule has 1 atom stereocenters. The third-order valence-electron chi connectivity index (χ3n) is 3.38. The van der Waals surface area contributed by atoms with Gasteiger partial charge in [-0.2, -0.15) is 0 Å². The summed E-state index contributed by atoms with van der Waals surface area (Å²) in [6, 6.07) is 1.66. The van der Waals surface area contributed by atoms with Crippen LogP contribution in [0.5, 0.6) is 0 Å². The highest BCUT2D eigenvalue weighted by Gasteiger charge is 2.32. The van der Waals surface area contributed by atoms with Gasteiger partial charge in [0.05, 0.1) is 11.3 Å². The van der Waals surface area contributed by atoms with Crippen molar-refractivity contribution in [2.75, 3.05) is 25.0 Å². The second-order valence-corrected chi connectivity index (χ2v) is 6.86. The number of ether oxygens (including phenoxy) is 1. The molecule has 1 saturated heterocycles. The Morgan fingerprint density at radius 3 is 2.95 bits per heavy atom. The van der Waals surface area contributed by atoms with Crippen molar-refractivity contribution in [1.82, 2.24) is 9.71 Å². The van der Waals surface area contributed by atoms with E-state index in [1.165, 1.54) is 6.20 Å². The molecule has 1 aliphatic rings. The minimum absolute atomic E-state index is 0.170. The molecule has 20 heavy (non-hydrogen) atoms. The van der Waals surface area contributed by atoms with Gasteiger partial charge in [0.2, 0.25) is 10.0 Å². The van der Waals surface area contributed by atoms with Crippen molar-refractivity contribution in [3.05, 3.63) is 18.5 Å². The van der Waals surface area contributed by atoms with E-state index in [1.807, 2.05) is 13.8 Å². The standard InChI is InChI=1S/C13H21N3O3S/c1-3-15-11-5-7-14-9-12(11)20(17,18)16-10-13(2)6-4-8-19-13/h5,7,9,16H,3-4,6,8,10H2,1-2H3,(H,14,15). The molecule has 1 aromatic heterocycles. The molecule has 112 valence electrons. The molecule has 2 heterocycles. The highest BCUT2D eigenvalue weighted by Crippen LogP contribution is 2.25. The van der Waals surface area contributed by atoms with Gasteiger partial charge in [-0.3, -0.25) is 4.98 Å². The van der Waals surface area contributed by atoms with Crippen LogP contribution in [0, 0.1) is 0 Å². The quantitative estimate of drug-likeness (QED) is 0.829. The van der Waals surface area contributed by atoms with Gasteiger partial charge in [0.25, 0.3) is 0 Å². The van der Waals surface area contributed by atoms with Gasteiger partial charge in [0.15, 0.2) is 0 Å². The summed E-state index contributed by atoms with van der Waals surface area (Å²) in [5.41, 5.74) is 0.153. The van der Waals surface area contributed by atoms with Gasteiger partial charge in [-0.1, -0.05) is 0 Å². The Balaban J connectivity index is 2.14. The zero-order valence-electron chi connectivity index (χ0n) is 11.8. The predicted molar refractivity (Wildman–Crippen MR) is 77.2 cm³/mol. The van der Waals surface area contributed by atoms with Crippen molar-refractivity contribution in [3.8, 4) is 0 Å². The summed E-state index contributed by atoms with van der Waals surface area (Å²) in [4.78, 5) is 4.07. The number of hydrogen-bond acceptors (Lipinski definition) is 5. The van der Waals surface area contributed by atoms with Gasteiger partial charge < -0.3 is 10.1 Å². The Morgan fingerprint density at radius 2 is 2.30 bits per heavy atom. The maximum Gasteiger partial charge on any atom is 0.244 e. The third kappa shape index (κ3) is 3.47. The summed E-state index contributed by atoms with van der Waals surface area (Å²) >= 11 is 0. The van der Waals surface area contributed by atoms with Crippen LogP contribution in [0.25, 0.3) is 0 Å². The number of aromatic nitrogens is 1. The lowest BCUT2D eigenvalue weighted by Crippen LogP contribution is -2.40. The van der Waals surface area contributed by atoms with Crippen molar-refractivity contribution in [1.29, 1.82) is 0 Å². The van der Waals surface area contributed by atoms with Crippen molar-refractivity contribution in [2.24, 2.45) is 0 Å². The number of rotatable bonds is 6. The van der Waals surface area contributed by atoms with Crippen LogP contribution in [-0.2, 0) is 14.8 Å². The lowest BCUT2D eigenvalue weighted by molar-refractivity contribution is 0.0250. The van der Waals surface area contributed by atoms with Crippen molar-refractivity contribution < 1.29 is 13.2 Å². The molecular weight excluding hydrogens is 278 g/mol. The Kier molecular flexibility index (Phi) is 4.62. The number of pyridine rings is 1. The van der Waals surface area contributed by atoms with Gasteiger partial charge in [-0.25, -0.2) is 13.1 Å². The average molecular weight is 299 g/mol. The number of nitrogens with zero attached hydrogens (tertiary/aromatic N) is 1. The molecule has 0 aromatic carbocycles. The van der Waals surface area contributed by atoms with Crippen molar-refractivity contribution in [2.45, 2.75) is 37.2 Å². The molecule has 0 saturated carbocycles. The molecule has 0 radical (unpaired) electrons. The zero-order chi connectivity index (χ0) is 14.6. The Bertz CT molecular complexity index is 554. The number of sulfonamides is 1. The van der Waals surface area contributed by atoms with Crippen LogP contribution in [0.15, 0.2) is 23.4 Å². The molecule has 1 aliphatic heterocycles. The fourth-order valence-electron chi connectivity index (χ4n) is 2.23. The number of hydrogen-bond donors (Lipinski definition) is 2. The van der Waals surface area contributed by atoms with E-state index < -0.39 is 15.6 Å². The Morgan fingerprint density at radius 1 is 1.50 bits per heavy atom. The van der Waals surface area contributed by atoms with Crippen LogP contribution in [-0.4, -0.2) is 38.7 Å². The summed E-state index contributed by atoms with van der Waals surface area (Å²) < 4.78 is 33.0. The maximum atomic E-state index is 12.4. The van der Waals surface area contributed by atoms with Gasteiger partial charge >= 0.3 is 0 Å². The van der Waals surface area contributed by atoms with E-state index in [9.17, 15) is 8.42 Å². The molecule has 2 rings (SSSR count). The topological polar surface area (TPSA) is 80.3 Å². The van der Waals surface area contributed by atoms with E-state index in [-0.39, 0.29) is 11.4 Å². The second-order valence-electron chi connectivity index (χ2n) is 5.13. The first-order valence-electron chi connectivity index (χ1n) is 6.78. The van der Waals surface area contributed by atoms with Gasteiger partial charge in [0, 0.05) is 32.1 Å². The summed E-state index contributed by atoms with van der Waals surface area (Å²) in [6.45, 7) is 5.45. The van der Waals surface area contributed by atoms with Crippen LogP contribution in [0.4, 0.5) is 5.69 Å². The van der Waals surface area contributed by atoms with Crippen molar-refractivity contribution in [3.63, 3.8) is 0 Å². The zero-order valence-corrected chi connectivity index (χ0v) is 12.7. The van der Waals surface area contributed by atoms with E-state index in [0.29, 0.717) is 18.8 Å². The van der Waals surface area contributed by atoms with Gasteiger partial charge in [0.1, 0.15) is 4.90 Å². The molecule has 1 aromatic rings. The normalized spacial score (nSPS) is 22.9.